The molecule has 0 radical (unpaired) electrons. The Kier molecular flexibility index (Phi) is 4.15. The van der Waals surface area contributed by atoms with Gasteiger partial charge in [0.2, 0.25) is 0 Å². The number of aromatic carboxylic acids is 1. The van der Waals surface area contributed by atoms with Gasteiger partial charge in [-0.15, -0.1) is 0 Å². The highest BCUT2D eigenvalue weighted by Gasteiger charge is 2.14. The van der Waals surface area contributed by atoms with Gasteiger partial charge in [-0.1, -0.05) is 66.7 Å². The standard InChI is InChI=1S/C22H17NO3/c24-22(25)19-13-16-9-6-11-18(21(16)23-19)17-10-4-5-12-20(17)26-14-15-7-2-1-3-8-15/h1-13,23H,14H2,(H,24,25). The van der Waals surface area contributed by atoms with Gasteiger partial charge < -0.3 is 14.8 Å². The second kappa shape index (κ2) is 6.76. The summed E-state index contributed by atoms with van der Waals surface area (Å²) in [5.41, 5.74) is 3.90. The number of ether oxygens (including phenoxy) is 1. The molecule has 0 aliphatic heterocycles. The molecule has 26 heavy (non-hydrogen) atoms. The second-order valence-electron chi connectivity index (χ2n) is 6.03. The lowest BCUT2D eigenvalue weighted by atomic mass is 10.0. The fourth-order valence-electron chi connectivity index (χ4n) is 3.05. The summed E-state index contributed by atoms with van der Waals surface area (Å²) >= 11 is 0. The molecule has 0 spiro atoms. The number of fused-ring (bicyclic) bond motifs is 1. The number of hydrogen-bond donors (Lipinski definition) is 2. The number of H-pyrrole nitrogens is 1. The maximum Gasteiger partial charge on any atom is 0.352 e. The van der Waals surface area contributed by atoms with Crippen LogP contribution >= 0.6 is 0 Å². The summed E-state index contributed by atoms with van der Waals surface area (Å²) in [6.07, 6.45) is 0. The number of carboxylic acids is 1. The minimum absolute atomic E-state index is 0.176. The molecule has 0 aliphatic rings. The topological polar surface area (TPSA) is 62.3 Å². The summed E-state index contributed by atoms with van der Waals surface area (Å²) in [5.74, 6) is -0.212. The number of aromatic amines is 1. The molecule has 3 aromatic carbocycles. The van der Waals surface area contributed by atoms with Gasteiger partial charge >= 0.3 is 5.97 Å². The van der Waals surface area contributed by atoms with E-state index in [0.29, 0.717) is 6.61 Å². The van der Waals surface area contributed by atoms with Gasteiger partial charge in [-0.2, -0.15) is 0 Å². The highest BCUT2D eigenvalue weighted by atomic mass is 16.5. The van der Waals surface area contributed by atoms with Crippen LogP contribution in [0.1, 0.15) is 16.1 Å². The summed E-state index contributed by atoms with van der Waals surface area (Å²) in [6, 6.07) is 25.2. The Morgan fingerprint density at radius 1 is 0.885 bits per heavy atom. The third-order valence-electron chi connectivity index (χ3n) is 4.30. The van der Waals surface area contributed by atoms with Gasteiger partial charge in [0.15, 0.2) is 0 Å². The van der Waals surface area contributed by atoms with Crippen molar-refractivity contribution in [2.24, 2.45) is 0 Å². The van der Waals surface area contributed by atoms with Crippen LogP contribution in [0.15, 0.2) is 78.9 Å². The number of hydrogen-bond acceptors (Lipinski definition) is 2. The van der Waals surface area contributed by atoms with Crippen LogP contribution in [0.2, 0.25) is 0 Å². The molecule has 2 N–H and O–H groups in total. The van der Waals surface area contributed by atoms with Crippen molar-refractivity contribution in [2.75, 3.05) is 0 Å². The van der Waals surface area contributed by atoms with E-state index in [2.05, 4.69) is 4.98 Å². The van der Waals surface area contributed by atoms with Gasteiger partial charge in [-0.25, -0.2) is 4.79 Å². The molecule has 4 aromatic rings. The quantitative estimate of drug-likeness (QED) is 0.529. The first-order valence-electron chi connectivity index (χ1n) is 8.33. The van der Waals surface area contributed by atoms with E-state index in [1.807, 2.05) is 72.8 Å². The van der Waals surface area contributed by atoms with Crippen LogP contribution in [0.25, 0.3) is 22.0 Å². The maximum atomic E-state index is 11.3. The number of carboxylic acid groups (broad SMARTS) is 1. The van der Waals surface area contributed by atoms with Crippen LogP contribution in [-0.2, 0) is 6.61 Å². The molecule has 1 aromatic heterocycles. The summed E-state index contributed by atoms with van der Waals surface area (Å²) in [5, 5.41) is 10.1. The Bertz CT molecular complexity index is 1070. The van der Waals surface area contributed by atoms with Gasteiger partial charge in [0, 0.05) is 16.5 Å². The first kappa shape index (κ1) is 16.0. The predicted molar refractivity (Wildman–Crippen MR) is 101 cm³/mol. The molecule has 0 amide bonds. The Morgan fingerprint density at radius 2 is 1.62 bits per heavy atom. The molecule has 4 heteroatoms. The third kappa shape index (κ3) is 3.05. The minimum Gasteiger partial charge on any atom is -0.488 e. The number of aromatic nitrogens is 1. The number of carbonyl (C=O) groups is 1. The van der Waals surface area contributed by atoms with E-state index in [4.69, 9.17) is 4.74 Å². The summed E-state index contributed by atoms with van der Waals surface area (Å²) in [7, 11) is 0. The van der Waals surface area contributed by atoms with E-state index in [0.717, 1.165) is 33.3 Å². The molecule has 0 saturated heterocycles. The maximum absolute atomic E-state index is 11.3. The van der Waals surface area contributed by atoms with E-state index in [1.54, 1.807) is 6.07 Å². The van der Waals surface area contributed by atoms with Crippen molar-refractivity contribution >= 4 is 16.9 Å². The van der Waals surface area contributed by atoms with Crippen LogP contribution < -0.4 is 4.74 Å². The Balaban J connectivity index is 1.74. The molecule has 0 fully saturated rings. The van der Waals surface area contributed by atoms with E-state index in [-0.39, 0.29) is 5.69 Å². The molecular weight excluding hydrogens is 326 g/mol. The second-order valence-corrected chi connectivity index (χ2v) is 6.03. The van der Waals surface area contributed by atoms with Crippen molar-refractivity contribution in [2.45, 2.75) is 6.61 Å². The average Bonchev–Trinajstić information content (AvgIpc) is 3.12. The van der Waals surface area contributed by atoms with Gasteiger partial charge in [0.25, 0.3) is 0 Å². The van der Waals surface area contributed by atoms with Crippen molar-refractivity contribution in [3.05, 3.63) is 90.1 Å². The molecule has 4 nitrogen and oxygen atoms in total. The monoisotopic (exact) mass is 343 g/mol. The zero-order valence-corrected chi connectivity index (χ0v) is 14.0. The zero-order valence-electron chi connectivity index (χ0n) is 14.0. The van der Waals surface area contributed by atoms with Gasteiger partial charge in [0.05, 0.1) is 5.52 Å². The van der Waals surface area contributed by atoms with Gasteiger partial charge in [-0.05, 0) is 17.7 Å². The molecule has 4 rings (SSSR count). The molecule has 128 valence electrons. The van der Waals surface area contributed by atoms with Crippen molar-refractivity contribution in [3.63, 3.8) is 0 Å². The molecule has 0 bridgehead atoms. The highest BCUT2D eigenvalue weighted by molar-refractivity contribution is 6.00. The number of benzene rings is 3. The van der Waals surface area contributed by atoms with Crippen LogP contribution in [0.4, 0.5) is 0 Å². The van der Waals surface area contributed by atoms with E-state index < -0.39 is 5.97 Å². The van der Waals surface area contributed by atoms with Crippen LogP contribution in [0, 0.1) is 0 Å². The number of para-hydroxylation sites is 2. The van der Waals surface area contributed by atoms with Crippen molar-refractivity contribution in [3.8, 4) is 16.9 Å². The first-order chi connectivity index (χ1) is 12.7. The van der Waals surface area contributed by atoms with Crippen LogP contribution in [-0.4, -0.2) is 16.1 Å². The van der Waals surface area contributed by atoms with Crippen molar-refractivity contribution in [1.82, 2.24) is 4.98 Å². The first-order valence-corrected chi connectivity index (χ1v) is 8.33. The molecular formula is C22H17NO3. The Morgan fingerprint density at radius 3 is 2.42 bits per heavy atom. The normalized spacial score (nSPS) is 10.8. The lowest BCUT2D eigenvalue weighted by molar-refractivity contribution is 0.0691. The van der Waals surface area contributed by atoms with E-state index in [9.17, 15) is 9.90 Å². The fourth-order valence-corrected chi connectivity index (χ4v) is 3.05. The lowest BCUT2D eigenvalue weighted by Crippen LogP contribution is -1.97. The highest BCUT2D eigenvalue weighted by Crippen LogP contribution is 2.35. The summed E-state index contributed by atoms with van der Waals surface area (Å²) in [4.78, 5) is 14.3. The van der Waals surface area contributed by atoms with E-state index >= 15 is 0 Å². The van der Waals surface area contributed by atoms with E-state index in [1.165, 1.54) is 0 Å². The lowest BCUT2D eigenvalue weighted by Gasteiger charge is -2.12. The molecule has 0 atom stereocenters. The molecule has 0 unspecified atom stereocenters. The predicted octanol–water partition coefficient (Wildman–Crippen LogP) is 5.11. The Hall–Kier alpha value is -3.53. The molecule has 0 aliphatic carbocycles. The number of nitrogens with one attached hydrogen (secondary N) is 1. The SMILES string of the molecule is O=C(O)c1cc2cccc(-c3ccccc3OCc3ccccc3)c2[nH]1. The minimum atomic E-state index is -0.972. The smallest absolute Gasteiger partial charge is 0.352 e. The third-order valence-corrected chi connectivity index (χ3v) is 4.30. The molecule has 1 heterocycles. The summed E-state index contributed by atoms with van der Waals surface area (Å²) < 4.78 is 6.05. The largest absolute Gasteiger partial charge is 0.488 e. The summed E-state index contributed by atoms with van der Waals surface area (Å²) in [6.45, 7) is 0.471. The zero-order chi connectivity index (χ0) is 17.9. The average molecular weight is 343 g/mol. The fraction of sp³-hybridized carbons (Fsp3) is 0.0455. The molecule has 0 saturated carbocycles. The Labute approximate surface area is 150 Å². The van der Waals surface area contributed by atoms with Crippen LogP contribution in [0.5, 0.6) is 5.75 Å². The van der Waals surface area contributed by atoms with Crippen molar-refractivity contribution in [1.29, 1.82) is 0 Å². The van der Waals surface area contributed by atoms with Crippen molar-refractivity contribution < 1.29 is 14.6 Å². The van der Waals surface area contributed by atoms with Gasteiger partial charge in [0.1, 0.15) is 18.1 Å². The van der Waals surface area contributed by atoms with Crippen LogP contribution in [0.3, 0.4) is 0 Å². The van der Waals surface area contributed by atoms with Gasteiger partial charge in [-0.3, -0.25) is 0 Å². The number of rotatable bonds is 5.